The highest BCUT2D eigenvalue weighted by Gasteiger charge is 2.29. The highest BCUT2D eigenvalue weighted by molar-refractivity contribution is 5.51. The van der Waals surface area contributed by atoms with Crippen LogP contribution in [0.3, 0.4) is 0 Å². The van der Waals surface area contributed by atoms with Gasteiger partial charge in [0.05, 0.1) is 11.6 Å². The van der Waals surface area contributed by atoms with Crippen molar-refractivity contribution in [3.63, 3.8) is 0 Å². The lowest BCUT2D eigenvalue weighted by molar-refractivity contribution is 0.216. The molecule has 23 heavy (non-hydrogen) atoms. The van der Waals surface area contributed by atoms with Crippen LogP contribution in [0, 0.1) is 24.2 Å². The first-order valence-electron chi connectivity index (χ1n) is 7.80. The molecule has 0 amide bonds. The number of hydrogen-bond acceptors (Lipinski definition) is 7. The fourth-order valence-corrected chi connectivity index (χ4v) is 2.90. The van der Waals surface area contributed by atoms with Gasteiger partial charge in [-0.3, -0.25) is 4.90 Å². The largest absolute Gasteiger partial charge is 0.424 e. The molecule has 2 atom stereocenters. The normalized spacial score (nSPS) is 19.4. The van der Waals surface area contributed by atoms with Crippen LogP contribution < -0.4 is 5.32 Å². The molecule has 1 fully saturated rings. The maximum Gasteiger partial charge on any atom is 0.233 e. The van der Waals surface area contributed by atoms with Crippen molar-refractivity contribution in [2.75, 3.05) is 25.0 Å². The van der Waals surface area contributed by atoms with E-state index >= 15 is 0 Å². The molecule has 2 aromatic rings. The van der Waals surface area contributed by atoms with Crippen molar-refractivity contribution in [3.8, 4) is 6.07 Å². The monoisotopic (exact) mass is 312 g/mol. The molecule has 0 saturated carbocycles. The SMILES string of the molecule is Cc1nnc([C@@H](C)N2CC[C@H](CNc3ncccc3C#N)C2)o1. The third kappa shape index (κ3) is 3.48. The van der Waals surface area contributed by atoms with E-state index in [2.05, 4.69) is 38.4 Å². The fourth-order valence-electron chi connectivity index (χ4n) is 2.90. The van der Waals surface area contributed by atoms with Gasteiger partial charge >= 0.3 is 0 Å². The highest BCUT2D eigenvalue weighted by atomic mass is 16.4. The van der Waals surface area contributed by atoms with Crippen LogP contribution in [0.1, 0.15) is 36.7 Å². The van der Waals surface area contributed by atoms with E-state index < -0.39 is 0 Å². The molecule has 120 valence electrons. The predicted molar refractivity (Wildman–Crippen MR) is 84.6 cm³/mol. The third-order valence-corrected chi connectivity index (χ3v) is 4.25. The van der Waals surface area contributed by atoms with Gasteiger partial charge in [-0.15, -0.1) is 10.2 Å². The number of anilines is 1. The summed E-state index contributed by atoms with van der Waals surface area (Å²) >= 11 is 0. The Morgan fingerprint density at radius 2 is 2.39 bits per heavy atom. The first-order chi connectivity index (χ1) is 11.2. The van der Waals surface area contributed by atoms with Gasteiger partial charge in [-0.1, -0.05) is 0 Å². The molecule has 1 aliphatic rings. The van der Waals surface area contributed by atoms with E-state index in [4.69, 9.17) is 9.68 Å². The number of aromatic nitrogens is 3. The molecule has 1 N–H and O–H groups in total. The Bertz CT molecular complexity index is 707. The first-order valence-corrected chi connectivity index (χ1v) is 7.80. The molecule has 0 radical (unpaired) electrons. The number of aryl methyl sites for hydroxylation is 1. The molecule has 3 rings (SSSR count). The number of nitriles is 1. The molecule has 2 aromatic heterocycles. The fraction of sp³-hybridized carbons (Fsp3) is 0.500. The Kier molecular flexibility index (Phi) is 4.53. The number of nitrogens with zero attached hydrogens (tertiary/aromatic N) is 5. The zero-order valence-electron chi connectivity index (χ0n) is 13.4. The van der Waals surface area contributed by atoms with E-state index in [1.54, 1.807) is 25.3 Å². The van der Waals surface area contributed by atoms with Gasteiger partial charge in [0.15, 0.2) is 0 Å². The Morgan fingerprint density at radius 3 is 3.13 bits per heavy atom. The van der Waals surface area contributed by atoms with Gasteiger partial charge < -0.3 is 9.73 Å². The number of rotatable bonds is 5. The smallest absolute Gasteiger partial charge is 0.233 e. The van der Waals surface area contributed by atoms with Crippen LogP contribution >= 0.6 is 0 Å². The van der Waals surface area contributed by atoms with E-state index in [0.717, 1.165) is 26.1 Å². The van der Waals surface area contributed by atoms with Gasteiger partial charge in [0, 0.05) is 26.2 Å². The van der Waals surface area contributed by atoms with Crippen molar-refractivity contribution in [1.29, 1.82) is 5.26 Å². The van der Waals surface area contributed by atoms with Crippen molar-refractivity contribution in [2.45, 2.75) is 26.3 Å². The van der Waals surface area contributed by atoms with Crippen molar-refractivity contribution in [3.05, 3.63) is 35.7 Å². The maximum absolute atomic E-state index is 9.09. The zero-order valence-corrected chi connectivity index (χ0v) is 13.4. The molecule has 1 aliphatic heterocycles. The van der Waals surface area contributed by atoms with Gasteiger partial charge in [0.1, 0.15) is 11.9 Å². The van der Waals surface area contributed by atoms with E-state index in [1.807, 2.05) is 0 Å². The van der Waals surface area contributed by atoms with Gasteiger partial charge in [0.2, 0.25) is 11.8 Å². The Hall–Kier alpha value is -2.46. The van der Waals surface area contributed by atoms with Crippen LogP contribution in [0.4, 0.5) is 5.82 Å². The third-order valence-electron chi connectivity index (χ3n) is 4.25. The molecule has 0 bridgehead atoms. The van der Waals surface area contributed by atoms with Crippen LogP contribution in [-0.2, 0) is 0 Å². The standard InChI is InChI=1S/C16H20N6O/c1-11(16-21-20-12(2)23-16)22-7-5-13(10-22)9-19-15-14(8-17)4-3-6-18-15/h3-4,6,11,13H,5,7,9-10H2,1-2H3,(H,18,19)/t11-,13-/m1/s1. The summed E-state index contributed by atoms with van der Waals surface area (Å²) < 4.78 is 5.53. The summed E-state index contributed by atoms with van der Waals surface area (Å²) in [5.74, 6) is 2.44. The minimum atomic E-state index is 0.130. The van der Waals surface area contributed by atoms with Crippen molar-refractivity contribution >= 4 is 5.82 Å². The molecular formula is C16H20N6O. The Labute approximate surface area is 135 Å². The molecule has 0 spiro atoms. The lowest BCUT2D eigenvalue weighted by Gasteiger charge is -2.21. The summed E-state index contributed by atoms with van der Waals surface area (Å²) in [6.45, 7) is 6.67. The maximum atomic E-state index is 9.09. The average Bonchev–Trinajstić information content (AvgIpc) is 3.21. The Morgan fingerprint density at radius 1 is 1.52 bits per heavy atom. The van der Waals surface area contributed by atoms with Crippen LogP contribution in [0.5, 0.6) is 0 Å². The number of pyridine rings is 1. The highest BCUT2D eigenvalue weighted by Crippen LogP contribution is 2.27. The number of nitrogens with one attached hydrogen (secondary N) is 1. The minimum Gasteiger partial charge on any atom is -0.424 e. The topological polar surface area (TPSA) is 90.9 Å². The van der Waals surface area contributed by atoms with Crippen LogP contribution in [-0.4, -0.2) is 39.7 Å². The van der Waals surface area contributed by atoms with E-state index in [-0.39, 0.29) is 6.04 Å². The predicted octanol–water partition coefficient (Wildman–Crippen LogP) is 2.14. The lowest BCUT2D eigenvalue weighted by Crippen LogP contribution is -2.26. The summed E-state index contributed by atoms with van der Waals surface area (Å²) in [7, 11) is 0. The number of likely N-dealkylation sites (tertiary alicyclic amines) is 1. The van der Waals surface area contributed by atoms with Gasteiger partial charge in [-0.2, -0.15) is 5.26 Å². The lowest BCUT2D eigenvalue weighted by atomic mass is 10.1. The summed E-state index contributed by atoms with van der Waals surface area (Å²) in [6.07, 6.45) is 2.79. The molecule has 7 nitrogen and oxygen atoms in total. The van der Waals surface area contributed by atoms with E-state index in [0.29, 0.717) is 29.1 Å². The molecule has 7 heteroatoms. The van der Waals surface area contributed by atoms with Crippen molar-refractivity contribution < 1.29 is 4.42 Å². The van der Waals surface area contributed by atoms with E-state index in [9.17, 15) is 0 Å². The second kappa shape index (κ2) is 6.75. The van der Waals surface area contributed by atoms with Crippen LogP contribution in [0.25, 0.3) is 0 Å². The summed E-state index contributed by atoms with van der Waals surface area (Å²) in [4.78, 5) is 6.58. The van der Waals surface area contributed by atoms with Gasteiger partial charge in [0.25, 0.3) is 0 Å². The summed E-state index contributed by atoms with van der Waals surface area (Å²) in [6, 6.07) is 5.84. The van der Waals surface area contributed by atoms with Gasteiger partial charge in [-0.25, -0.2) is 4.98 Å². The molecule has 0 aromatic carbocycles. The second-order valence-electron chi connectivity index (χ2n) is 5.88. The minimum absolute atomic E-state index is 0.130. The molecule has 3 heterocycles. The second-order valence-corrected chi connectivity index (χ2v) is 5.88. The first kappa shape index (κ1) is 15.4. The molecule has 0 unspecified atom stereocenters. The summed E-state index contributed by atoms with van der Waals surface area (Å²) in [5.41, 5.74) is 0.581. The Balaban J connectivity index is 1.55. The van der Waals surface area contributed by atoms with Gasteiger partial charge in [-0.05, 0) is 37.9 Å². The zero-order chi connectivity index (χ0) is 16.2. The quantitative estimate of drug-likeness (QED) is 0.904. The average molecular weight is 312 g/mol. The van der Waals surface area contributed by atoms with Crippen molar-refractivity contribution in [1.82, 2.24) is 20.1 Å². The molecular weight excluding hydrogens is 292 g/mol. The van der Waals surface area contributed by atoms with E-state index in [1.165, 1.54) is 0 Å². The summed E-state index contributed by atoms with van der Waals surface area (Å²) in [5, 5.41) is 20.4. The van der Waals surface area contributed by atoms with Crippen LogP contribution in [0.2, 0.25) is 0 Å². The van der Waals surface area contributed by atoms with Crippen molar-refractivity contribution in [2.24, 2.45) is 5.92 Å². The molecule has 1 saturated heterocycles. The molecule has 0 aliphatic carbocycles. The van der Waals surface area contributed by atoms with Crippen LogP contribution in [0.15, 0.2) is 22.7 Å². The number of hydrogen-bond donors (Lipinski definition) is 1.